The van der Waals surface area contributed by atoms with Gasteiger partial charge in [0.1, 0.15) is 12.1 Å². The molecule has 0 amide bonds. The number of rotatable bonds is 0. The number of nitrogens with zero attached hydrogens (tertiary/aromatic N) is 4. The zero-order valence-electron chi connectivity index (χ0n) is 10.9. The molecule has 5 rings (SSSR count). The molecule has 5 nitrogen and oxygen atoms in total. The molecule has 0 aliphatic carbocycles. The van der Waals surface area contributed by atoms with Crippen molar-refractivity contribution < 1.29 is 8.98 Å². The van der Waals surface area contributed by atoms with E-state index in [0.29, 0.717) is 0 Å². The molecule has 0 saturated carbocycles. The lowest BCUT2D eigenvalue weighted by molar-refractivity contribution is -0.652. The molecule has 0 unspecified atom stereocenters. The Hall–Kier alpha value is -2.69. The van der Waals surface area contributed by atoms with Gasteiger partial charge in [-0.1, -0.05) is 0 Å². The Bertz CT molecular complexity index is 996. The van der Waals surface area contributed by atoms with Gasteiger partial charge in [-0.15, -0.1) is 0 Å². The fraction of sp³-hybridized carbons (Fsp3) is 0.133. The number of hydrogen-bond acceptors (Lipinski definition) is 3. The molecule has 0 fully saturated rings. The normalized spacial score (nSPS) is 13.1. The van der Waals surface area contributed by atoms with Crippen LogP contribution in [0.25, 0.3) is 33.6 Å². The monoisotopic (exact) mass is 263 g/mol. The maximum Gasteiger partial charge on any atom is 0.339 e. The number of pyridine rings is 2. The lowest BCUT2D eigenvalue weighted by atomic mass is 10.2. The largest absolute Gasteiger partial charge is 0.419 e. The minimum atomic E-state index is 0.809. The topological polar surface area (TPSA) is 47.7 Å². The molecule has 4 aromatic heterocycles. The summed E-state index contributed by atoms with van der Waals surface area (Å²) in [6, 6.07) is 3.97. The molecular formula is C15H11N4O+. The SMILES string of the molecule is Cn1c2[n+](c3oc4ccncc4c31)Cc1cnccc1-2. The number of aryl methyl sites for hydroxylation is 1. The first-order valence-corrected chi connectivity index (χ1v) is 6.52. The highest BCUT2D eigenvalue weighted by Crippen LogP contribution is 2.34. The van der Waals surface area contributed by atoms with E-state index in [2.05, 4.69) is 32.2 Å². The van der Waals surface area contributed by atoms with Gasteiger partial charge in [-0.3, -0.25) is 9.97 Å². The molecule has 20 heavy (non-hydrogen) atoms. The highest BCUT2D eigenvalue weighted by atomic mass is 16.3. The van der Waals surface area contributed by atoms with Crippen molar-refractivity contribution >= 4 is 22.2 Å². The van der Waals surface area contributed by atoms with E-state index in [-0.39, 0.29) is 0 Å². The fourth-order valence-electron chi connectivity index (χ4n) is 3.22. The van der Waals surface area contributed by atoms with Crippen LogP contribution in [0.4, 0.5) is 0 Å². The van der Waals surface area contributed by atoms with Crippen LogP contribution in [0.3, 0.4) is 0 Å². The molecule has 5 heteroatoms. The van der Waals surface area contributed by atoms with E-state index in [1.165, 1.54) is 17.0 Å². The summed E-state index contributed by atoms with van der Waals surface area (Å²) in [5.74, 6) is 1.17. The van der Waals surface area contributed by atoms with Crippen LogP contribution in [0.1, 0.15) is 5.56 Å². The van der Waals surface area contributed by atoms with Crippen LogP contribution in [-0.4, -0.2) is 14.5 Å². The third-order valence-corrected chi connectivity index (χ3v) is 4.07. The van der Waals surface area contributed by atoms with E-state index < -0.39 is 0 Å². The van der Waals surface area contributed by atoms with Gasteiger partial charge < -0.3 is 4.42 Å². The molecule has 0 radical (unpaired) electrons. The summed E-state index contributed by atoms with van der Waals surface area (Å²) in [5.41, 5.74) is 5.35. The second kappa shape index (κ2) is 3.25. The van der Waals surface area contributed by atoms with Crippen LogP contribution < -0.4 is 4.57 Å². The van der Waals surface area contributed by atoms with Crippen molar-refractivity contribution in [2.45, 2.75) is 6.54 Å². The molecular weight excluding hydrogens is 252 g/mol. The second-order valence-electron chi connectivity index (χ2n) is 5.13. The lowest BCUT2D eigenvalue weighted by Crippen LogP contribution is -2.31. The van der Waals surface area contributed by atoms with Crippen LogP contribution in [0.15, 0.2) is 41.3 Å². The third-order valence-electron chi connectivity index (χ3n) is 4.07. The number of imidazole rings is 1. The first-order chi connectivity index (χ1) is 9.84. The maximum absolute atomic E-state index is 6.03. The van der Waals surface area contributed by atoms with Crippen molar-refractivity contribution in [3.8, 4) is 11.4 Å². The third kappa shape index (κ3) is 1.02. The standard InChI is InChI=1S/C15H11N4O/c1-18-13-11-7-17-5-3-12(11)20-15(13)19-8-9-6-16-4-2-10(9)14(18)19/h2-7H,8H2,1H3/q+1. The van der Waals surface area contributed by atoms with Crippen molar-refractivity contribution in [3.05, 3.63) is 42.5 Å². The molecule has 96 valence electrons. The van der Waals surface area contributed by atoms with Crippen molar-refractivity contribution in [2.24, 2.45) is 7.05 Å². The Morgan fingerprint density at radius 1 is 1.20 bits per heavy atom. The summed E-state index contributed by atoms with van der Waals surface area (Å²) in [7, 11) is 2.08. The Morgan fingerprint density at radius 3 is 3.00 bits per heavy atom. The number of hydrogen-bond donors (Lipinski definition) is 0. The number of furan rings is 1. The smallest absolute Gasteiger partial charge is 0.339 e. The second-order valence-corrected chi connectivity index (χ2v) is 5.13. The molecule has 0 saturated heterocycles. The van der Waals surface area contributed by atoms with Crippen molar-refractivity contribution in [3.63, 3.8) is 0 Å². The molecule has 0 spiro atoms. The van der Waals surface area contributed by atoms with E-state index >= 15 is 0 Å². The molecule has 0 atom stereocenters. The average molecular weight is 263 g/mol. The molecule has 5 heterocycles. The number of fused-ring (bicyclic) bond motifs is 7. The Balaban J connectivity index is 1.98. The van der Waals surface area contributed by atoms with Gasteiger partial charge in [0.15, 0.2) is 0 Å². The van der Waals surface area contributed by atoms with Gasteiger partial charge in [-0.05, 0) is 6.07 Å². The predicted octanol–water partition coefficient (Wildman–Crippen LogP) is 2.03. The minimum absolute atomic E-state index is 0.809. The molecule has 0 N–H and O–H groups in total. The van der Waals surface area contributed by atoms with Crippen LogP contribution in [0, 0.1) is 0 Å². The molecule has 1 aliphatic rings. The van der Waals surface area contributed by atoms with Crippen LogP contribution in [-0.2, 0) is 13.6 Å². The van der Waals surface area contributed by atoms with Crippen LogP contribution in [0.2, 0.25) is 0 Å². The Kier molecular flexibility index (Phi) is 1.65. The van der Waals surface area contributed by atoms with Crippen molar-refractivity contribution in [1.29, 1.82) is 0 Å². The minimum Gasteiger partial charge on any atom is -0.419 e. The van der Waals surface area contributed by atoms with E-state index in [0.717, 1.165) is 28.7 Å². The summed E-state index contributed by atoms with van der Waals surface area (Å²) < 4.78 is 10.4. The molecule has 1 aliphatic heterocycles. The van der Waals surface area contributed by atoms with Gasteiger partial charge in [0.05, 0.1) is 18.0 Å². The zero-order valence-corrected chi connectivity index (χ0v) is 10.9. The maximum atomic E-state index is 6.03. The van der Waals surface area contributed by atoms with Gasteiger partial charge in [-0.2, -0.15) is 4.57 Å². The Morgan fingerprint density at radius 2 is 2.05 bits per heavy atom. The van der Waals surface area contributed by atoms with Gasteiger partial charge in [-0.25, -0.2) is 4.57 Å². The van der Waals surface area contributed by atoms with E-state index in [9.17, 15) is 0 Å². The van der Waals surface area contributed by atoms with Gasteiger partial charge in [0, 0.05) is 36.4 Å². The quantitative estimate of drug-likeness (QED) is 0.402. The summed E-state index contributed by atoms with van der Waals surface area (Å²) in [4.78, 5) is 8.42. The van der Waals surface area contributed by atoms with Crippen LogP contribution >= 0.6 is 0 Å². The van der Waals surface area contributed by atoms with Gasteiger partial charge >= 0.3 is 5.71 Å². The zero-order chi connectivity index (χ0) is 13.3. The van der Waals surface area contributed by atoms with E-state index in [1.807, 2.05) is 24.7 Å². The summed E-state index contributed by atoms with van der Waals surface area (Å²) >= 11 is 0. The van der Waals surface area contributed by atoms with Crippen molar-refractivity contribution in [2.75, 3.05) is 0 Å². The highest BCUT2D eigenvalue weighted by molar-refractivity contribution is 6.01. The Labute approximate surface area is 114 Å². The first kappa shape index (κ1) is 10.1. The predicted molar refractivity (Wildman–Crippen MR) is 73.0 cm³/mol. The van der Waals surface area contributed by atoms with Crippen molar-refractivity contribution in [1.82, 2.24) is 14.5 Å². The van der Waals surface area contributed by atoms with E-state index in [4.69, 9.17) is 4.42 Å². The lowest BCUT2D eigenvalue weighted by Gasteiger charge is -1.94. The molecule has 4 aromatic rings. The van der Waals surface area contributed by atoms with Gasteiger partial charge in [0.25, 0.3) is 5.82 Å². The van der Waals surface area contributed by atoms with Gasteiger partial charge in [0.2, 0.25) is 5.52 Å². The highest BCUT2D eigenvalue weighted by Gasteiger charge is 2.35. The number of aromatic nitrogens is 4. The summed E-state index contributed by atoms with van der Waals surface area (Å²) in [6.45, 7) is 0.809. The molecule has 0 bridgehead atoms. The van der Waals surface area contributed by atoms with Crippen LogP contribution in [0.5, 0.6) is 0 Å². The van der Waals surface area contributed by atoms with E-state index in [1.54, 1.807) is 6.20 Å². The summed E-state index contributed by atoms with van der Waals surface area (Å²) in [6.07, 6.45) is 7.39. The first-order valence-electron chi connectivity index (χ1n) is 6.52. The average Bonchev–Trinajstić information content (AvgIpc) is 3.10. The summed E-state index contributed by atoms with van der Waals surface area (Å²) in [5, 5.41) is 1.06. The fourth-order valence-corrected chi connectivity index (χ4v) is 3.22. The molecule has 0 aromatic carbocycles.